The Morgan fingerprint density at radius 2 is 2.20 bits per heavy atom. The van der Waals surface area contributed by atoms with Crippen LogP contribution in [0.4, 0.5) is 0 Å². The zero-order chi connectivity index (χ0) is 18.1. The van der Waals surface area contributed by atoms with Gasteiger partial charge in [0, 0.05) is 31.3 Å². The molecule has 0 bridgehead atoms. The molecule has 0 saturated carbocycles. The number of carbonyl (C=O) groups is 2. The van der Waals surface area contributed by atoms with E-state index in [0.717, 1.165) is 22.6 Å². The van der Waals surface area contributed by atoms with Gasteiger partial charge in [-0.1, -0.05) is 0 Å². The van der Waals surface area contributed by atoms with Crippen LogP contribution in [0.5, 0.6) is 0 Å². The third-order valence-corrected chi connectivity index (χ3v) is 5.09. The van der Waals surface area contributed by atoms with Gasteiger partial charge in [-0.2, -0.15) is 5.10 Å². The second kappa shape index (κ2) is 6.74. The highest BCUT2D eigenvalue weighted by Gasteiger charge is 2.44. The van der Waals surface area contributed by atoms with E-state index in [2.05, 4.69) is 10.4 Å². The summed E-state index contributed by atoms with van der Waals surface area (Å²) in [6, 6.07) is 1.59. The maximum absolute atomic E-state index is 12.8. The number of aryl methyl sites for hydroxylation is 2. The first-order valence-electron chi connectivity index (χ1n) is 8.52. The summed E-state index contributed by atoms with van der Waals surface area (Å²) in [6.45, 7) is 6.72. The van der Waals surface area contributed by atoms with Crippen molar-refractivity contribution in [3.8, 4) is 0 Å². The van der Waals surface area contributed by atoms with Crippen LogP contribution in [0.15, 0.2) is 22.9 Å². The number of aromatic nitrogens is 2. The average molecular weight is 344 g/mol. The molecule has 7 heteroatoms. The van der Waals surface area contributed by atoms with Gasteiger partial charge in [0.05, 0.1) is 31.0 Å². The Kier molecular flexibility index (Phi) is 4.65. The second-order valence-electron chi connectivity index (χ2n) is 6.49. The van der Waals surface area contributed by atoms with Crippen LogP contribution >= 0.6 is 0 Å². The van der Waals surface area contributed by atoms with Crippen LogP contribution in [-0.2, 0) is 23.2 Å². The number of carbonyl (C=O) groups excluding carboxylic acids is 2. The molecule has 0 spiro atoms. The standard InChI is InChI=1S/C18H24N4O3/c1-5-22-16(23)8-13(17(22)14-9-20-21(4)12(14)3)18(24)19-10-15-11(2)6-7-25-15/h6-7,9,13,17H,5,8,10H2,1-4H3,(H,19,24)/t13-,17-/m0/s1. The fourth-order valence-corrected chi connectivity index (χ4v) is 3.47. The summed E-state index contributed by atoms with van der Waals surface area (Å²) in [5.41, 5.74) is 2.90. The van der Waals surface area contributed by atoms with E-state index >= 15 is 0 Å². The molecule has 1 saturated heterocycles. The molecule has 0 aromatic carbocycles. The van der Waals surface area contributed by atoms with Gasteiger partial charge >= 0.3 is 0 Å². The van der Waals surface area contributed by atoms with Gasteiger partial charge < -0.3 is 14.6 Å². The summed E-state index contributed by atoms with van der Waals surface area (Å²) in [4.78, 5) is 27.0. The smallest absolute Gasteiger partial charge is 0.226 e. The summed E-state index contributed by atoms with van der Waals surface area (Å²) >= 11 is 0. The minimum Gasteiger partial charge on any atom is -0.467 e. The first-order chi connectivity index (χ1) is 11.9. The van der Waals surface area contributed by atoms with Crippen LogP contribution in [-0.4, -0.2) is 33.0 Å². The summed E-state index contributed by atoms with van der Waals surface area (Å²) in [5.74, 6) is 0.184. The van der Waals surface area contributed by atoms with Gasteiger partial charge in [0.15, 0.2) is 0 Å². The SMILES string of the molecule is CCN1C(=O)C[C@H](C(=O)NCc2occc2C)[C@H]1c1cnn(C)c1C. The number of rotatable bonds is 5. The van der Waals surface area contributed by atoms with E-state index < -0.39 is 5.92 Å². The number of nitrogens with one attached hydrogen (secondary N) is 1. The van der Waals surface area contributed by atoms with Crippen LogP contribution < -0.4 is 5.32 Å². The molecular formula is C18H24N4O3. The Balaban J connectivity index is 1.82. The van der Waals surface area contributed by atoms with Crippen LogP contribution in [0.1, 0.15) is 42.0 Å². The van der Waals surface area contributed by atoms with Crippen molar-refractivity contribution in [1.29, 1.82) is 0 Å². The van der Waals surface area contributed by atoms with E-state index in [4.69, 9.17) is 4.42 Å². The van der Waals surface area contributed by atoms with Gasteiger partial charge in [-0.25, -0.2) is 0 Å². The van der Waals surface area contributed by atoms with E-state index in [1.165, 1.54) is 0 Å². The zero-order valence-electron chi connectivity index (χ0n) is 15.1. The van der Waals surface area contributed by atoms with Crippen LogP contribution in [0.3, 0.4) is 0 Å². The van der Waals surface area contributed by atoms with Crippen molar-refractivity contribution in [3.63, 3.8) is 0 Å². The van der Waals surface area contributed by atoms with Crippen LogP contribution in [0, 0.1) is 19.8 Å². The molecule has 1 aliphatic rings. The molecule has 2 amide bonds. The highest BCUT2D eigenvalue weighted by Crippen LogP contribution is 2.39. The molecule has 2 atom stereocenters. The lowest BCUT2D eigenvalue weighted by Gasteiger charge is -2.26. The molecule has 2 aromatic heterocycles. The van der Waals surface area contributed by atoms with Crippen molar-refractivity contribution in [2.75, 3.05) is 6.54 Å². The number of hydrogen-bond acceptors (Lipinski definition) is 4. The highest BCUT2D eigenvalue weighted by molar-refractivity contribution is 5.90. The molecule has 0 unspecified atom stereocenters. The average Bonchev–Trinajstić information content (AvgIpc) is 3.24. The van der Waals surface area contributed by atoms with Crippen LogP contribution in [0.25, 0.3) is 0 Å². The lowest BCUT2D eigenvalue weighted by Crippen LogP contribution is -2.35. The van der Waals surface area contributed by atoms with Crippen molar-refractivity contribution < 1.29 is 14.0 Å². The summed E-state index contributed by atoms with van der Waals surface area (Å²) in [7, 11) is 1.86. The Morgan fingerprint density at radius 1 is 1.44 bits per heavy atom. The molecule has 3 rings (SSSR count). The Morgan fingerprint density at radius 3 is 2.76 bits per heavy atom. The summed E-state index contributed by atoms with van der Waals surface area (Å²) in [5, 5.41) is 7.20. The quantitative estimate of drug-likeness (QED) is 0.898. The van der Waals surface area contributed by atoms with Crippen molar-refractivity contribution in [3.05, 3.63) is 41.1 Å². The Bertz CT molecular complexity index is 792. The predicted octanol–water partition coefficient (Wildman–Crippen LogP) is 1.86. The van der Waals surface area contributed by atoms with E-state index in [9.17, 15) is 9.59 Å². The predicted molar refractivity (Wildman–Crippen MR) is 91.5 cm³/mol. The van der Waals surface area contributed by atoms with Gasteiger partial charge in [0.2, 0.25) is 11.8 Å². The van der Waals surface area contributed by atoms with Gasteiger partial charge in [-0.05, 0) is 32.4 Å². The lowest BCUT2D eigenvalue weighted by molar-refractivity contribution is -0.129. The molecule has 2 aromatic rings. The van der Waals surface area contributed by atoms with Crippen molar-refractivity contribution in [2.45, 2.75) is 39.8 Å². The first kappa shape index (κ1) is 17.3. The fourth-order valence-electron chi connectivity index (χ4n) is 3.47. The summed E-state index contributed by atoms with van der Waals surface area (Å²) in [6.07, 6.45) is 3.59. The fraction of sp³-hybridized carbons (Fsp3) is 0.500. The van der Waals surface area contributed by atoms with Gasteiger partial charge in [0.1, 0.15) is 5.76 Å². The molecule has 1 aliphatic heterocycles. The molecule has 134 valence electrons. The molecule has 0 radical (unpaired) electrons. The number of likely N-dealkylation sites (tertiary alicyclic amines) is 1. The largest absolute Gasteiger partial charge is 0.467 e. The molecule has 1 fully saturated rings. The van der Waals surface area contributed by atoms with Crippen molar-refractivity contribution >= 4 is 11.8 Å². The maximum Gasteiger partial charge on any atom is 0.226 e. The lowest BCUT2D eigenvalue weighted by atomic mass is 9.93. The molecule has 0 aliphatic carbocycles. The highest BCUT2D eigenvalue weighted by atomic mass is 16.3. The third kappa shape index (κ3) is 3.06. The minimum absolute atomic E-state index is 0.00471. The Hall–Kier alpha value is -2.57. The zero-order valence-corrected chi connectivity index (χ0v) is 15.1. The van der Waals surface area contributed by atoms with Gasteiger partial charge in [0.25, 0.3) is 0 Å². The normalized spacial score (nSPS) is 20.3. The van der Waals surface area contributed by atoms with E-state index in [0.29, 0.717) is 13.1 Å². The van der Waals surface area contributed by atoms with E-state index in [1.54, 1.807) is 22.0 Å². The molecule has 1 N–H and O–H groups in total. The molecule has 7 nitrogen and oxygen atoms in total. The summed E-state index contributed by atoms with van der Waals surface area (Å²) < 4.78 is 7.14. The van der Waals surface area contributed by atoms with E-state index in [-0.39, 0.29) is 24.3 Å². The minimum atomic E-state index is -0.425. The molecule has 25 heavy (non-hydrogen) atoms. The second-order valence-corrected chi connectivity index (χ2v) is 6.49. The van der Waals surface area contributed by atoms with Crippen LogP contribution in [0.2, 0.25) is 0 Å². The number of nitrogens with zero attached hydrogens (tertiary/aromatic N) is 3. The Labute approximate surface area is 147 Å². The maximum atomic E-state index is 12.8. The monoisotopic (exact) mass is 344 g/mol. The number of amides is 2. The molecule has 3 heterocycles. The molecular weight excluding hydrogens is 320 g/mol. The van der Waals surface area contributed by atoms with Gasteiger partial charge in [-0.15, -0.1) is 0 Å². The van der Waals surface area contributed by atoms with Gasteiger partial charge in [-0.3, -0.25) is 14.3 Å². The van der Waals surface area contributed by atoms with Crippen molar-refractivity contribution in [1.82, 2.24) is 20.0 Å². The van der Waals surface area contributed by atoms with E-state index in [1.807, 2.05) is 33.9 Å². The topological polar surface area (TPSA) is 80.4 Å². The third-order valence-electron chi connectivity index (χ3n) is 5.09. The first-order valence-corrected chi connectivity index (χ1v) is 8.52. The number of furan rings is 1. The van der Waals surface area contributed by atoms with Crippen molar-refractivity contribution in [2.24, 2.45) is 13.0 Å². The number of hydrogen-bond donors (Lipinski definition) is 1.